The van der Waals surface area contributed by atoms with E-state index >= 15 is 0 Å². The molecule has 0 atom stereocenters. The molecular formula is C18H18N4O2S. The number of hydrogen-bond donors (Lipinski definition) is 1. The van der Waals surface area contributed by atoms with Crippen molar-refractivity contribution in [1.29, 1.82) is 0 Å². The Kier molecular flexibility index (Phi) is 5.35. The van der Waals surface area contributed by atoms with E-state index in [1.165, 1.54) is 11.3 Å². The molecule has 0 saturated heterocycles. The van der Waals surface area contributed by atoms with Crippen molar-refractivity contribution in [2.45, 2.75) is 19.8 Å². The summed E-state index contributed by atoms with van der Waals surface area (Å²) in [6.07, 6.45) is 4.36. The predicted octanol–water partition coefficient (Wildman–Crippen LogP) is 3.02. The summed E-state index contributed by atoms with van der Waals surface area (Å²) in [5.74, 6) is 0.697. The minimum absolute atomic E-state index is 0.122. The van der Waals surface area contributed by atoms with Crippen molar-refractivity contribution >= 4 is 22.4 Å². The summed E-state index contributed by atoms with van der Waals surface area (Å²) in [6, 6.07) is 9.69. The van der Waals surface area contributed by atoms with Gasteiger partial charge in [0.05, 0.1) is 13.5 Å². The zero-order valence-electron chi connectivity index (χ0n) is 14.0. The molecule has 3 aromatic rings. The molecule has 0 unspecified atom stereocenters. The molecule has 2 aromatic heterocycles. The van der Waals surface area contributed by atoms with Crippen molar-refractivity contribution in [2.24, 2.45) is 0 Å². The highest BCUT2D eigenvalue weighted by Crippen LogP contribution is 2.20. The van der Waals surface area contributed by atoms with Crippen molar-refractivity contribution < 1.29 is 9.53 Å². The molecular weight excluding hydrogens is 336 g/mol. The van der Waals surface area contributed by atoms with Gasteiger partial charge in [0.15, 0.2) is 0 Å². The maximum absolute atomic E-state index is 12.2. The van der Waals surface area contributed by atoms with Crippen LogP contribution in [0.4, 0.5) is 5.13 Å². The van der Waals surface area contributed by atoms with Crippen molar-refractivity contribution in [3.05, 3.63) is 64.4 Å². The van der Waals surface area contributed by atoms with Gasteiger partial charge in [0, 0.05) is 18.8 Å². The normalized spacial score (nSPS) is 10.5. The largest absolute Gasteiger partial charge is 0.497 e. The van der Waals surface area contributed by atoms with Crippen LogP contribution in [0.1, 0.15) is 21.7 Å². The van der Waals surface area contributed by atoms with Crippen LogP contribution in [0.2, 0.25) is 0 Å². The lowest BCUT2D eigenvalue weighted by molar-refractivity contribution is -0.115. The number of methoxy groups -OCH3 is 1. The first-order valence-electron chi connectivity index (χ1n) is 7.78. The lowest BCUT2D eigenvalue weighted by Crippen LogP contribution is -2.15. The number of aromatic nitrogens is 3. The number of carbonyl (C=O) groups is 1. The van der Waals surface area contributed by atoms with E-state index in [-0.39, 0.29) is 12.3 Å². The second kappa shape index (κ2) is 7.85. The van der Waals surface area contributed by atoms with Gasteiger partial charge in [0.2, 0.25) is 11.0 Å². The Bertz CT molecular complexity index is 862. The van der Waals surface area contributed by atoms with E-state index in [2.05, 4.69) is 20.5 Å². The standard InChI is InChI=1S/C18H18N4O2S/c1-12-7-8-19-11-14(12)10-16(23)20-18-22-21-17(25-18)9-13-3-5-15(24-2)6-4-13/h3-8,11H,9-10H2,1-2H3,(H,20,22,23). The van der Waals surface area contributed by atoms with Crippen LogP contribution in [0.5, 0.6) is 5.75 Å². The Morgan fingerprint density at radius 2 is 2.00 bits per heavy atom. The average molecular weight is 354 g/mol. The minimum atomic E-state index is -0.122. The molecule has 0 aliphatic heterocycles. The number of amides is 1. The van der Waals surface area contributed by atoms with Crippen LogP contribution in [0.3, 0.4) is 0 Å². The lowest BCUT2D eigenvalue weighted by atomic mass is 10.1. The van der Waals surface area contributed by atoms with Crippen LogP contribution in [0.25, 0.3) is 0 Å². The molecule has 3 rings (SSSR count). The second-order valence-electron chi connectivity index (χ2n) is 5.55. The third-order valence-corrected chi connectivity index (χ3v) is 4.56. The fourth-order valence-electron chi connectivity index (χ4n) is 2.31. The molecule has 25 heavy (non-hydrogen) atoms. The Morgan fingerprint density at radius 3 is 2.72 bits per heavy atom. The molecule has 7 heteroatoms. The fraction of sp³-hybridized carbons (Fsp3) is 0.222. The minimum Gasteiger partial charge on any atom is -0.497 e. The Balaban J connectivity index is 1.59. The second-order valence-corrected chi connectivity index (χ2v) is 6.61. The molecule has 0 spiro atoms. The SMILES string of the molecule is COc1ccc(Cc2nnc(NC(=O)Cc3cnccc3C)s2)cc1. The molecule has 128 valence electrons. The molecule has 2 heterocycles. The first-order chi connectivity index (χ1) is 12.1. The summed E-state index contributed by atoms with van der Waals surface area (Å²) in [6.45, 7) is 1.96. The van der Waals surface area contributed by atoms with Crippen molar-refractivity contribution in [3.8, 4) is 5.75 Å². The number of anilines is 1. The summed E-state index contributed by atoms with van der Waals surface area (Å²) < 4.78 is 5.15. The number of nitrogens with zero attached hydrogens (tertiary/aromatic N) is 3. The molecule has 0 radical (unpaired) electrons. The number of benzene rings is 1. The van der Waals surface area contributed by atoms with Gasteiger partial charge in [-0.25, -0.2) is 0 Å². The van der Waals surface area contributed by atoms with E-state index in [0.717, 1.165) is 27.4 Å². The monoisotopic (exact) mass is 354 g/mol. The first kappa shape index (κ1) is 17.0. The van der Waals surface area contributed by atoms with Gasteiger partial charge in [-0.1, -0.05) is 23.5 Å². The van der Waals surface area contributed by atoms with Crippen molar-refractivity contribution in [2.75, 3.05) is 12.4 Å². The van der Waals surface area contributed by atoms with Crippen LogP contribution >= 0.6 is 11.3 Å². The van der Waals surface area contributed by atoms with Crippen LogP contribution in [0, 0.1) is 6.92 Å². The molecule has 0 saturated carbocycles. The van der Waals surface area contributed by atoms with Gasteiger partial charge in [-0.15, -0.1) is 10.2 Å². The van der Waals surface area contributed by atoms with Gasteiger partial charge in [0.25, 0.3) is 0 Å². The fourth-order valence-corrected chi connectivity index (χ4v) is 3.10. The lowest BCUT2D eigenvalue weighted by Gasteiger charge is -2.04. The average Bonchev–Trinajstić information content (AvgIpc) is 3.04. The van der Waals surface area contributed by atoms with Gasteiger partial charge in [-0.2, -0.15) is 0 Å². The molecule has 1 amide bonds. The Morgan fingerprint density at radius 1 is 1.20 bits per heavy atom. The molecule has 0 fully saturated rings. The van der Waals surface area contributed by atoms with E-state index in [4.69, 9.17) is 4.74 Å². The molecule has 6 nitrogen and oxygen atoms in total. The number of ether oxygens (including phenoxy) is 1. The zero-order valence-corrected chi connectivity index (χ0v) is 14.8. The van der Waals surface area contributed by atoms with Gasteiger partial charge < -0.3 is 10.1 Å². The number of aryl methyl sites for hydroxylation is 1. The highest BCUT2D eigenvalue weighted by Gasteiger charge is 2.11. The van der Waals surface area contributed by atoms with Crippen LogP contribution < -0.4 is 10.1 Å². The summed E-state index contributed by atoms with van der Waals surface area (Å²) in [4.78, 5) is 16.2. The predicted molar refractivity (Wildman–Crippen MR) is 97.0 cm³/mol. The van der Waals surface area contributed by atoms with E-state index in [1.54, 1.807) is 19.5 Å². The Hall–Kier alpha value is -2.80. The number of rotatable bonds is 6. The van der Waals surface area contributed by atoms with E-state index in [1.807, 2.05) is 37.3 Å². The van der Waals surface area contributed by atoms with Crippen molar-refractivity contribution in [1.82, 2.24) is 15.2 Å². The topological polar surface area (TPSA) is 77.0 Å². The number of carbonyl (C=O) groups excluding carboxylic acids is 1. The third kappa shape index (κ3) is 4.60. The first-order valence-corrected chi connectivity index (χ1v) is 8.60. The quantitative estimate of drug-likeness (QED) is 0.736. The van der Waals surface area contributed by atoms with Crippen LogP contribution in [0.15, 0.2) is 42.7 Å². The Labute approximate surface area is 149 Å². The van der Waals surface area contributed by atoms with E-state index < -0.39 is 0 Å². The van der Waals surface area contributed by atoms with Gasteiger partial charge in [-0.3, -0.25) is 9.78 Å². The summed E-state index contributed by atoms with van der Waals surface area (Å²) >= 11 is 1.38. The highest BCUT2D eigenvalue weighted by atomic mass is 32.1. The number of hydrogen-bond acceptors (Lipinski definition) is 6. The molecule has 0 bridgehead atoms. The van der Waals surface area contributed by atoms with Crippen molar-refractivity contribution in [3.63, 3.8) is 0 Å². The van der Waals surface area contributed by atoms with Crippen LogP contribution in [-0.4, -0.2) is 28.2 Å². The maximum atomic E-state index is 12.2. The zero-order chi connectivity index (χ0) is 17.6. The highest BCUT2D eigenvalue weighted by molar-refractivity contribution is 7.15. The van der Waals surface area contributed by atoms with Gasteiger partial charge >= 0.3 is 0 Å². The molecule has 1 N–H and O–H groups in total. The third-order valence-electron chi connectivity index (χ3n) is 3.73. The molecule has 0 aliphatic rings. The van der Waals surface area contributed by atoms with E-state index in [0.29, 0.717) is 11.6 Å². The van der Waals surface area contributed by atoms with Gasteiger partial charge in [-0.05, 0) is 41.8 Å². The summed E-state index contributed by atoms with van der Waals surface area (Å²) in [5.41, 5.74) is 3.06. The smallest absolute Gasteiger partial charge is 0.230 e. The number of nitrogens with one attached hydrogen (secondary N) is 1. The maximum Gasteiger partial charge on any atom is 0.230 e. The summed E-state index contributed by atoms with van der Waals surface area (Å²) in [5, 5.41) is 12.3. The van der Waals surface area contributed by atoms with Gasteiger partial charge in [0.1, 0.15) is 10.8 Å². The summed E-state index contributed by atoms with van der Waals surface area (Å²) in [7, 11) is 1.64. The molecule has 0 aliphatic carbocycles. The molecule has 1 aromatic carbocycles. The number of pyridine rings is 1. The van der Waals surface area contributed by atoms with E-state index in [9.17, 15) is 4.79 Å². The van der Waals surface area contributed by atoms with Crippen LogP contribution in [-0.2, 0) is 17.6 Å².